The highest BCUT2D eigenvalue weighted by Gasteiger charge is 2.16. The maximum absolute atomic E-state index is 11.8. The number of benzene rings is 1. The Morgan fingerprint density at radius 2 is 1.95 bits per heavy atom. The molecular formula is C11H12N4O3S. The van der Waals surface area contributed by atoms with Gasteiger partial charge in [0.05, 0.1) is 4.90 Å². The maximum atomic E-state index is 11.8. The van der Waals surface area contributed by atoms with E-state index in [-0.39, 0.29) is 10.6 Å². The number of aromatic nitrogens is 2. The Hall–Kier alpha value is -2.19. The normalized spacial score (nSPS) is 11.2. The lowest BCUT2D eigenvalue weighted by Crippen LogP contribution is -2.41. The molecule has 0 aliphatic carbocycles. The summed E-state index contributed by atoms with van der Waals surface area (Å²) < 4.78 is 23.6. The van der Waals surface area contributed by atoms with Crippen LogP contribution in [0.15, 0.2) is 41.3 Å². The molecule has 0 bridgehead atoms. The van der Waals surface area contributed by atoms with Gasteiger partial charge in [-0.25, -0.2) is 8.42 Å². The third-order valence-electron chi connectivity index (χ3n) is 2.29. The number of hydrogen-bond acceptors (Lipinski definition) is 4. The van der Waals surface area contributed by atoms with Crippen LogP contribution in [-0.2, 0) is 10.0 Å². The van der Waals surface area contributed by atoms with Crippen LogP contribution >= 0.6 is 0 Å². The molecule has 1 heterocycles. The van der Waals surface area contributed by atoms with Crippen LogP contribution in [0.5, 0.6) is 0 Å². The third kappa shape index (κ3) is 3.18. The van der Waals surface area contributed by atoms with Crippen LogP contribution in [0.25, 0.3) is 0 Å². The van der Waals surface area contributed by atoms with Gasteiger partial charge in [0.1, 0.15) is 0 Å². The van der Waals surface area contributed by atoms with Gasteiger partial charge in [-0.2, -0.15) is 5.10 Å². The number of rotatable bonds is 4. The number of H-pyrrole nitrogens is 1. The van der Waals surface area contributed by atoms with Crippen LogP contribution in [0.3, 0.4) is 0 Å². The molecule has 0 atom stereocenters. The molecule has 0 saturated heterocycles. The summed E-state index contributed by atoms with van der Waals surface area (Å²) in [4.78, 5) is 13.7. The Morgan fingerprint density at radius 3 is 2.53 bits per heavy atom. The minimum Gasteiger partial charge on any atom is -0.282 e. The fourth-order valence-corrected chi connectivity index (χ4v) is 2.23. The van der Waals surface area contributed by atoms with Crippen LogP contribution in [0.1, 0.15) is 16.2 Å². The predicted molar refractivity (Wildman–Crippen MR) is 67.6 cm³/mol. The zero-order valence-corrected chi connectivity index (χ0v) is 10.9. The number of carbonyl (C=O) groups is 1. The average Bonchev–Trinajstić information content (AvgIpc) is 2.84. The quantitative estimate of drug-likeness (QED) is 0.702. The largest absolute Gasteiger partial charge is 0.286 e. The van der Waals surface area contributed by atoms with E-state index in [0.717, 1.165) is 0 Å². The monoisotopic (exact) mass is 280 g/mol. The Labute approximate surface area is 110 Å². The molecule has 2 aromatic rings. The second kappa shape index (κ2) is 5.21. The van der Waals surface area contributed by atoms with E-state index in [9.17, 15) is 13.2 Å². The molecule has 0 radical (unpaired) electrons. The number of nitrogens with zero attached hydrogens (tertiary/aromatic N) is 1. The van der Waals surface area contributed by atoms with Crippen LogP contribution in [0.4, 0.5) is 0 Å². The van der Waals surface area contributed by atoms with Gasteiger partial charge in [0.2, 0.25) is 0 Å². The lowest BCUT2D eigenvalue weighted by Gasteiger charge is -2.06. The number of hydrogen-bond donors (Lipinski definition) is 3. The Kier molecular flexibility index (Phi) is 3.63. The number of nitrogens with one attached hydrogen (secondary N) is 3. The summed E-state index contributed by atoms with van der Waals surface area (Å²) >= 11 is 0. The van der Waals surface area contributed by atoms with Gasteiger partial charge < -0.3 is 0 Å². The van der Waals surface area contributed by atoms with Crippen molar-refractivity contribution < 1.29 is 13.2 Å². The maximum Gasteiger partial charge on any atom is 0.286 e. The summed E-state index contributed by atoms with van der Waals surface area (Å²) in [6.45, 7) is 1.73. The smallest absolute Gasteiger partial charge is 0.282 e. The fraction of sp³-hybridized carbons (Fsp3) is 0.0909. The molecule has 8 heteroatoms. The van der Waals surface area contributed by atoms with Crippen molar-refractivity contribution in [3.8, 4) is 0 Å². The highest BCUT2D eigenvalue weighted by Crippen LogP contribution is 2.06. The molecule has 1 amide bonds. The van der Waals surface area contributed by atoms with E-state index in [2.05, 4.69) is 15.6 Å². The molecule has 1 aromatic heterocycles. The molecule has 19 heavy (non-hydrogen) atoms. The summed E-state index contributed by atoms with van der Waals surface area (Å²) in [5, 5.41) is 6.31. The van der Waals surface area contributed by atoms with Gasteiger partial charge >= 0.3 is 0 Å². The fourth-order valence-electron chi connectivity index (χ4n) is 1.37. The van der Waals surface area contributed by atoms with E-state index in [0.29, 0.717) is 5.69 Å². The number of aromatic amines is 1. The lowest BCUT2D eigenvalue weighted by molar-refractivity contribution is 0.0940. The summed E-state index contributed by atoms with van der Waals surface area (Å²) in [5.74, 6) is -0.635. The van der Waals surface area contributed by atoms with Gasteiger partial charge in [-0.15, -0.1) is 4.83 Å². The van der Waals surface area contributed by atoms with E-state index < -0.39 is 15.9 Å². The van der Waals surface area contributed by atoms with E-state index in [4.69, 9.17) is 0 Å². The highest BCUT2D eigenvalue weighted by molar-refractivity contribution is 7.89. The van der Waals surface area contributed by atoms with Gasteiger partial charge in [-0.1, -0.05) is 18.2 Å². The van der Waals surface area contributed by atoms with Crippen molar-refractivity contribution in [1.82, 2.24) is 20.5 Å². The van der Waals surface area contributed by atoms with Gasteiger partial charge in [0, 0.05) is 5.69 Å². The number of sulfonamides is 1. The number of hydrazine groups is 1. The van der Waals surface area contributed by atoms with Crippen LogP contribution in [0, 0.1) is 6.92 Å². The van der Waals surface area contributed by atoms with Crippen molar-refractivity contribution in [2.24, 2.45) is 0 Å². The highest BCUT2D eigenvalue weighted by atomic mass is 32.2. The number of carbonyl (C=O) groups excluding carboxylic acids is 1. The molecule has 0 saturated carbocycles. The van der Waals surface area contributed by atoms with Crippen LogP contribution in [-0.4, -0.2) is 24.5 Å². The Bertz CT molecular complexity index is 679. The zero-order valence-electron chi connectivity index (χ0n) is 10.0. The SMILES string of the molecule is Cc1cc(C(=O)NNS(=O)(=O)c2ccccc2)n[nH]1. The van der Waals surface area contributed by atoms with Gasteiger partial charge in [-0.05, 0) is 25.1 Å². The molecule has 0 fully saturated rings. The van der Waals surface area contributed by atoms with Gasteiger partial charge in [0.15, 0.2) is 5.69 Å². The molecule has 3 N–H and O–H groups in total. The van der Waals surface area contributed by atoms with Crippen molar-refractivity contribution in [2.75, 3.05) is 0 Å². The molecule has 1 aromatic carbocycles. The van der Waals surface area contributed by atoms with Crippen molar-refractivity contribution in [3.63, 3.8) is 0 Å². The van der Waals surface area contributed by atoms with E-state index in [1.807, 2.05) is 4.83 Å². The molecule has 0 aliphatic rings. The zero-order chi connectivity index (χ0) is 13.9. The first-order chi connectivity index (χ1) is 8.99. The van der Waals surface area contributed by atoms with Gasteiger partial charge in [-0.3, -0.25) is 15.3 Å². The Balaban J connectivity index is 2.05. The molecular weight excluding hydrogens is 268 g/mol. The minimum absolute atomic E-state index is 0.0634. The topological polar surface area (TPSA) is 104 Å². The molecule has 0 aliphatic heterocycles. The van der Waals surface area contributed by atoms with E-state index in [1.165, 1.54) is 18.2 Å². The molecule has 2 rings (SSSR count). The van der Waals surface area contributed by atoms with E-state index >= 15 is 0 Å². The van der Waals surface area contributed by atoms with Crippen LogP contribution < -0.4 is 10.3 Å². The summed E-state index contributed by atoms with van der Waals surface area (Å²) in [7, 11) is -3.78. The molecule has 7 nitrogen and oxygen atoms in total. The summed E-state index contributed by atoms with van der Waals surface area (Å²) in [5.41, 5.74) is 2.90. The molecule has 0 unspecified atom stereocenters. The molecule has 0 spiro atoms. The van der Waals surface area contributed by atoms with Crippen LogP contribution in [0.2, 0.25) is 0 Å². The number of aryl methyl sites for hydroxylation is 1. The van der Waals surface area contributed by atoms with Crippen molar-refractivity contribution in [2.45, 2.75) is 11.8 Å². The third-order valence-corrected chi connectivity index (χ3v) is 3.55. The Morgan fingerprint density at radius 1 is 1.26 bits per heavy atom. The summed E-state index contributed by atoms with van der Waals surface area (Å²) in [6, 6.07) is 9.23. The molecule has 100 valence electrons. The lowest BCUT2D eigenvalue weighted by atomic mass is 10.4. The minimum atomic E-state index is -3.78. The first-order valence-electron chi connectivity index (χ1n) is 5.38. The van der Waals surface area contributed by atoms with Crippen molar-refractivity contribution >= 4 is 15.9 Å². The first kappa shape index (κ1) is 13.2. The second-order valence-electron chi connectivity index (χ2n) is 3.81. The first-order valence-corrected chi connectivity index (χ1v) is 6.86. The predicted octanol–water partition coefficient (Wildman–Crippen LogP) is 0.341. The van der Waals surface area contributed by atoms with Crippen molar-refractivity contribution in [1.29, 1.82) is 0 Å². The van der Waals surface area contributed by atoms with Crippen molar-refractivity contribution in [3.05, 3.63) is 47.8 Å². The standard InChI is InChI=1S/C11H12N4O3S/c1-8-7-10(13-12-8)11(16)14-15-19(17,18)9-5-3-2-4-6-9/h2-7,15H,1H3,(H,12,13)(H,14,16). The average molecular weight is 280 g/mol. The summed E-state index contributed by atoms with van der Waals surface area (Å²) in [6.07, 6.45) is 0. The van der Waals surface area contributed by atoms with Gasteiger partial charge in [0.25, 0.3) is 15.9 Å². The van der Waals surface area contributed by atoms with E-state index in [1.54, 1.807) is 25.1 Å². The number of amides is 1. The second-order valence-corrected chi connectivity index (χ2v) is 5.49.